The lowest BCUT2D eigenvalue weighted by molar-refractivity contribution is -0.385. The number of rotatable bonds is 6. The highest BCUT2D eigenvalue weighted by molar-refractivity contribution is 5.94. The Hall–Kier alpha value is -5.25. The van der Waals surface area contributed by atoms with Crippen LogP contribution in [0.15, 0.2) is 34.3 Å². The van der Waals surface area contributed by atoms with Gasteiger partial charge in [-0.2, -0.15) is 10.1 Å². The summed E-state index contributed by atoms with van der Waals surface area (Å²) in [5, 5.41) is 22.4. The predicted octanol–water partition coefficient (Wildman–Crippen LogP) is 2.71. The fraction of sp³-hybridized carbons (Fsp3) is 0.333. The minimum absolute atomic E-state index is 0.0322. The minimum Gasteiger partial charge on any atom is -0.487 e. The molecule has 43 heavy (non-hydrogen) atoms. The second-order valence-corrected chi connectivity index (χ2v) is 10.5. The lowest BCUT2D eigenvalue weighted by Gasteiger charge is -2.37. The van der Waals surface area contributed by atoms with E-state index in [-0.39, 0.29) is 52.7 Å². The van der Waals surface area contributed by atoms with Gasteiger partial charge in [-0.05, 0) is 26.1 Å². The summed E-state index contributed by atoms with van der Waals surface area (Å²) in [5.74, 6) is 0.337. The number of halogens is 1. The third kappa shape index (κ3) is 4.46. The quantitative estimate of drug-likeness (QED) is 0.192. The summed E-state index contributed by atoms with van der Waals surface area (Å²) in [6, 6.07) is 3.94. The first-order chi connectivity index (χ1) is 20.8. The van der Waals surface area contributed by atoms with Crippen LogP contribution in [0.5, 0.6) is 17.2 Å². The Balaban J connectivity index is 1.20. The van der Waals surface area contributed by atoms with Gasteiger partial charge in [-0.15, -0.1) is 5.10 Å². The van der Waals surface area contributed by atoms with Gasteiger partial charge in [0.1, 0.15) is 12.3 Å². The SMILES string of the molecule is CC1COc2c(N3CCN(C)CC3)c(F)cc3c(=O)c(-c4nc(N/N=C/c5ccc([N+](=O)[O-])c6c5OCO6)n[nH]4)cn1c23. The van der Waals surface area contributed by atoms with Crippen molar-refractivity contribution in [2.24, 2.45) is 5.10 Å². The van der Waals surface area contributed by atoms with Crippen LogP contribution in [0.1, 0.15) is 18.5 Å². The van der Waals surface area contributed by atoms with Crippen LogP contribution in [0.4, 0.5) is 21.7 Å². The second-order valence-electron chi connectivity index (χ2n) is 10.5. The van der Waals surface area contributed by atoms with Crippen molar-refractivity contribution in [1.82, 2.24) is 24.6 Å². The van der Waals surface area contributed by atoms with Gasteiger partial charge in [-0.1, -0.05) is 0 Å². The number of pyridine rings is 1. The molecule has 1 fully saturated rings. The molecule has 2 aromatic heterocycles. The van der Waals surface area contributed by atoms with Crippen molar-refractivity contribution in [2.45, 2.75) is 13.0 Å². The number of hydrazone groups is 1. The van der Waals surface area contributed by atoms with Gasteiger partial charge in [0, 0.05) is 44.0 Å². The van der Waals surface area contributed by atoms with Crippen molar-refractivity contribution in [3.8, 4) is 28.6 Å². The summed E-state index contributed by atoms with van der Waals surface area (Å²) in [4.78, 5) is 32.9. The molecule has 2 aromatic carbocycles. The maximum atomic E-state index is 15.6. The third-order valence-electron chi connectivity index (χ3n) is 7.80. The molecule has 4 aromatic rings. The summed E-state index contributed by atoms with van der Waals surface area (Å²) >= 11 is 0. The first kappa shape index (κ1) is 26.6. The summed E-state index contributed by atoms with van der Waals surface area (Å²) in [6.45, 7) is 5.02. The molecule has 5 heterocycles. The molecule has 0 aliphatic carbocycles. The number of nitrogens with one attached hydrogen (secondary N) is 2. The zero-order valence-electron chi connectivity index (χ0n) is 23.2. The van der Waals surface area contributed by atoms with Crippen molar-refractivity contribution < 1.29 is 23.5 Å². The molecule has 3 aliphatic heterocycles. The number of aromatic amines is 1. The van der Waals surface area contributed by atoms with Crippen LogP contribution < -0.4 is 30.0 Å². The van der Waals surface area contributed by atoms with Crippen molar-refractivity contribution in [2.75, 3.05) is 57.0 Å². The number of anilines is 2. The van der Waals surface area contributed by atoms with Gasteiger partial charge in [-0.3, -0.25) is 20.0 Å². The van der Waals surface area contributed by atoms with E-state index in [9.17, 15) is 14.9 Å². The van der Waals surface area contributed by atoms with Crippen LogP contribution in [-0.2, 0) is 0 Å². The standard InChI is InChI=1S/C27H26FN9O6/c1-14-12-41-25-20-16(9-18(28)21(25)35-7-5-34(2)6-8-35)22(38)17(11-36(14)20)26-30-27(33-31-26)32-29-10-15-3-4-19(37(39)40)24-23(15)42-13-43-24/h3-4,9-11,14H,5-8,12-13H2,1-2H3,(H2,30,31,32,33)/b29-10+. The van der Waals surface area contributed by atoms with Gasteiger partial charge in [0.05, 0.1) is 33.6 Å². The van der Waals surface area contributed by atoms with Crippen molar-refractivity contribution in [1.29, 1.82) is 0 Å². The number of nitro benzene ring substituents is 1. The highest BCUT2D eigenvalue weighted by Gasteiger charge is 2.31. The van der Waals surface area contributed by atoms with Crippen molar-refractivity contribution >= 4 is 34.4 Å². The van der Waals surface area contributed by atoms with Crippen LogP contribution in [0.2, 0.25) is 0 Å². The van der Waals surface area contributed by atoms with Crippen LogP contribution >= 0.6 is 0 Å². The molecule has 1 saturated heterocycles. The zero-order chi connectivity index (χ0) is 29.8. The lowest BCUT2D eigenvalue weighted by atomic mass is 10.0. The van der Waals surface area contributed by atoms with E-state index in [1.54, 1.807) is 6.20 Å². The van der Waals surface area contributed by atoms with E-state index in [0.717, 1.165) is 13.1 Å². The fourth-order valence-corrected chi connectivity index (χ4v) is 5.55. The second kappa shape index (κ2) is 10.2. The predicted molar refractivity (Wildman–Crippen MR) is 154 cm³/mol. The molecule has 0 spiro atoms. The molecule has 15 nitrogen and oxygen atoms in total. The van der Waals surface area contributed by atoms with E-state index in [4.69, 9.17) is 14.2 Å². The van der Waals surface area contributed by atoms with Crippen LogP contribution in [0.3, 0.4) is 0 Å². The van der Waals surface area contributed by atoms with E-state index in [1.165, 1.54) is 24.4 Å². The van der Waals surface area contributed by atoms with Gasteiger partial charge in [0.25, 0.3) is 5.95 Å². The van der Waals surface area contributed by atoms with Crippen LogP contribution in [0.25, 0.3) is 22.3 Å². The molecular formula is C27H26FN9O6. The third-order valence-corrected chi connectivity index (χ3v) is 7.80. The average molecular weight is 592 g/mol. The maximum Gasteiger partial charge on any atom is 0.315 e. The number of ether oxygens (including phenoxy) is 3. The van der Waals surface area contributed by atoms with Crippen LogP contribution in [0, 0.1) is 15.9 Å². The highest BCUT2D eigenvalue weighted by Crippen LogP contribution is 2.43. The Morgan fingerprint density at radius 3 is 2.77 bits per heavy atom. The molecule has 7 rings (SSSR count). The van der Waals surface area contributed by atoms with Gasteiger partial charge >= 0.3 is 5.69 Å². The van der Waals surface area contributed by atoms with Crippen molar-refractivity contribution in [3.63, 3.8) is 0 Å². The molecule has 0 radical (unpaired) electrons. The molecule has 222 valence electrons. The van der Waals surface area contributed by atoms with E-state index >= 15 is 4.39 Å². The van der Waals surface area contributed by atoms with E-state index in [0.29, 0.717) is 42.2 Å². The number of hydrogen-bond acceptors (Lipinski definition) is 12. The van der Waals surface area contributed by atoms with E-state index < -0.39 is 16.2 Å². The Morgan fingerprint density at radius 1 is 1.19 bits per heavy atom. The Labute approximate surface area is 242 Å². The topological polar surface area (TPSA) is 165 Å². The molecule has 0 saturated carbocycles. The number of hydrogen-bond donors (Lipinski definition) is 2. The summed E-state index contributed by atoms with van der Waals surface area (Å²) in [5.41, 5.74) is 3.63. The number of fused-ring (bicyclic) bond motifs is 1. The molecule has 0 amide bonds. The lowest BCUT2D eigenvalue weighted by Crippen LogP contribution is -2.45. The number of nitro groups is 1. The molecule has 2 N–H and O–H groups in total. The van der Waals surface area contributed by atoms with E-state index in [2.05, 4.69) is 30.6 Å². The number of piperazine rings is 1. The van der Waals surface area contributed by atoms with Gasteiger partial charge in [-0.25, -0.2) is 9.82 Å². The minimum atomic E-state index is -0.555. The first-order valence-corrected chi connectivity index (χ1v) is 13.6. The molecule has 1 unspecified atom stereocenters. The number of aromatic nitrogens is 4. The Morgan fingerprint density at radius 2 is 1.98 bits per heavy atom. The van der Waals surface area contributed by atoms with Crippen LogP contribution in [-0.4, -0.2) is 82.4 Å². The Kier molecular flexibility index (Phi) is 6.34. The maximum absolute atomic E-state index is 15.6. The molecule has 3 aliphatic rings. The van der Waals surface area contributed by atoms with Crippen molar-refractivity contribution in [3.05, 3.63) is 56.1 Å². The van der Waals surface area contributed by atoms with Gasteiger partial charge in [0.15, 0.2) is 23.1 Å². The Bertz CT molecular complexity index is 1860. The molecule has 16 heteroatoms. The highest BCUT2D eigenvalue weighted by atomic mass is 19.1. The number of nitrogens with zero attached hydrogens (tertiary/aromatic N) is 7. The summed E-state index contributed by atoms with van der Waals surface area (Å²) in [7, 11) is 2.03. The molecular weight excluding hydrogens is 565 g/mol. The zero-order valence-corrected chi connectivity index (χ0v) is 23.2. The monoisotopic (exact) mass is 591 g/mol. The van der Waals surface area contributed by atoms with Gasteiger partial charge in [0.2, 0.25) is 18.0 Å². The molecule has 0 bridgehead atoms. The smallest absolute Gasteiger partial charge is 0.315 e. The largest absolute Gasteiger partial charge is 0.487 e. The fourth-order valence-electron chi connectivity index (χ4n) is 5.55. The summed E-state index contributed by atoms with van der Waals surface area (Å²) < 4.78 is 34.2. The number of likely N-dealkylation sites (N-methyl/N-ethyl adjacent to an activating group) is 1. The number of H-pyrrole nitrogens is 1. The summed E-state index contributed by atoms with van der Waals surface area (Å²) in [6.07, 6.45) is 3.07. The first-order valence-electron chi connectivity index (χ1n) is 13.6. The normalized spacial score (nSPS) is 17.9. The number of benzene rings is 2. The van der Waals surface area contributed by atoms with E-state index in [1.807, 2.05) is 23.4 Å². The van der Waals surface area contributed by atoms with Gasteiger partial charge < -0.3 is 28.6 Å². The average Bonchev–Trinajstić information content (AvgIpc) is 3.67. The molecule has 1 atom stereocenters.